The Bertz CT molecular complexity index is 859. The second-order valence-corrected chi connectivity index (χ2v) is 4.07. The van der Waals surface area contributed by atoms with Crippen LogP contribution in [0.15, 0.2) is 48.4 Å². The van der Waals surface area contributed by atoms with E-state index in [0.717, 1.165) is 7.11 Å². The predicted octanol–water partition coefficient (Wildman–Crippen LogP) is 3.75. The summed E-state index contributed by atoms with van der Waals surface area (Å²) in [5.74, 6) is -0.870. The highest BCUT2D eigenvalue weighted by atomic mass is 35.5. The molecule has 102 valence electrons. The molecule has 20 heavy (non-hydrogen) atoms. The van der Waals surface area contributed by atoms with E-state index in [9.17, 15) is 9.59 Å². The fourth-order valence-corrected chi connectivity index (χ4v) is 1.64. The lowest BCUT2D eigenvalue weighted by Crippen LogP contribution is -2.14. The zero-order chi connectivity index (χ0) is 18.9. The highest BCUT2D eigenvalue weighted by molar-refractivity contribution is 6.31. The third kappa shape index (κ3) is 3.16. The summed E-state index contributed by atoms with van der Waals surface area (Å²) in [4.78, 5) is 24.3. The molecule has 0 aliphatic carbocycles. The molecular formula is C15H12ClNO3. The molecule has 0 atom stereocenters. The summed E-state index contributed by atoms with van der Waals surface area (Å²) in [5, 5.41) is 2.50. The maximum atomic E-state index is 12.8. The summed E-state index contributed by atoms with van der Waals surface area (Å²) >= 11 is 5.89. The fraction of sp³-hybridized carbons (Fsp3) is 0.0667. The zero-order valence-electron chi connectivity index (χ0n) is 15.3. The van der Waals surface area contributed by atoms with Gasteiger partial charge in [0.15, 0.2) is 5.78 Å². The van der Waals surface area contributed by atoms with Crippen LogP contribution in [0.3, 0.4) is 0 Å². The number of hydrogen-bond donors (Lipinski definition) is 1. The smallest absolute Gasteiger partial charge is 0.411 e. The van der Waals surface area contributed by atoms with Gasteiger partial charge in [-0.15, -0.1) is 0 Å². The molecule has 0 unspecified atom stereocenters. The third-order valence-electron chi connectivity index (χ3n) is 2.38. The quantitative estimate of drug-likeness (QED) is 0.877. The molecule has 0 saturated heterocycles. The molecule has 0 heterocycles. The van der Waals surface area contributed by atoms with Gasteiger partial charge in [-0.2, -0.15) is 0 Å². The number of methoxy groups -OCH3 is 1. The van der Waals surface area contributed by atoms with E-state index in [1.54, 1.807) is 0 Å². The number of amides is 1. The van der Waals surface area contributed by atoms with Gasteiger partial charge in [-0.1, -0.05) is 41.8 Å². The standard InChI is InChI=1S/C15H12ClNO3/c1-20-15(19)17-13-8-7-11(16)9-12(13)14(18)10-5-3-2-4-6-10/h2-9H,1H3,(H,17,19)/i2D,3D,4D,5D,6D. The molecule has 2 aromatic rings. The lowest BCUT2D eigenvalue weighted by molar-refractivity contribution is 0.103. The van der Waals surface area contributed by atoms with Crippen LogP contribution < -0.4 is 5.32 Å². The Hall–Kier alpha value is -2.33. The second kappa shape index (κ2) is 6.21. The van der Waals surface area contributed by atoms with Gasteiger partial charge >= 0.3 is 6.09 Å². The largest absolute Gasteiger partial charge is 0.453 e. The minimum Gasteiger partial charge on any atom is -0.453 e. The zero-order valence-corrected chi connectivity index (χ0v) is 11.1. The van der Waals surface area contributed by atoms with E-state index in [1.807, 2.05) is 0 Å². The Balaban J connectivity index is 2.67. The van der Waals surface area contributed by atoms with Crippen molar-refractivity contribution in [3.8, 4) is 0 Å². The monoisotopic (exact) mass is 294 g/mol. The Morgan fingerprint density at radius 3 is 2.60 bits per heavy atom. The van der Waals surface area contributed by atoms with E-state index in [1.165, 1.54) is 18.2 Å². The minimum atomic E-state index is -0.870. The number of ketones is 1. The first-order chi connectivity index (χ1) is 11.7. The van der Waals surface area contributed by atoms with E-state index in [0.29, 0.717) is 0 Å². The predicted molar refractivity (Wildman–Crippen MR) is 77.4 cm³/mol. The van der Waals surface area contributed by atoms with Gasteiger partial charge < -0.3 is 4.74 Å². The molecule has 2 rings (SSSR count). The highest BCUT2D eigenvalue weighted by Gasteiger charge is 2.15. The third-order valence-corrected chi connectivity index (χ3v) is 2.61. The van der Waals surface area contributed by atoms with Crippen molar-refractivity contribution in [3.63, 3.8) is 0 Å². The second-order valence-electron chi connectivity index (χ2n) is 3.64. The van der Waals surface area contributed by atoms with Gasteiger partial charge in [0.25, 0.3) is 0 Å². The topological polar surface area (TPSA) is 55.4 Å². The van der Waals surface area contributed by atoms with Crippen LogP contribution in [0.4, 0.5) is 10.5 Å². The van der Waals surface area contributed by atoms with Gasteiger partial charge in [0.1, 0.15) is 0 Å². The van der Waals surface area contributed by atoms with Crippen molar-refractivity contribution < 1.29 is 21.2 Å². The van der Waals surface area contributed by atoms with Crippen molar-refractivity contribution in [1.29, 1.82) is 0 Å². The SMILES string of the molecule is [2H]c1c([2H])c([2H])c(C(=O)c2cc(Cl)ccc2NC(=O)OC)c([2H])c1[2H]. The molecular weight excluding hydrogens is 278 g/mol. The van der Waals surface area contributed by atoms with Crippen LogP contribution >= 0.6 is 11.6 Å². The number of halogens is 1. The van der Waals surface area contributed by atoms with Crippen LogP contribution in [0, 0.1) is 0 Å². The molecule has 5 heteroatoms. The van der Waals surface area contributed by atoms with E-state index >= 15 is 0 Å². The van der Waals surface area contributed by atoms with Gasteiger partial charge in [0.05, 0.1) is 19.7 Å². The van der Waals surface area contributed by atoms with Crippen LogP contribution in [0.1, 0.15) is 22.8 Å². The van der Waals surface area contributed by atoms with Crippen molar-refractivity contribution >= 4 is 29.2 Å². The maximum Gasteiger partial charge on any atom is 0.411 e. The molecule has 1 amide bonds. The Morgan fingerprint density at radius 1 is 1.25 bits per heavy atom. The minimum absolute atomic E-state index is 0.0352. The van der Waals surface area contributed by atoms with Gasteiger partial charge in [-0.25, -0.2) is 4.79 Å². The van der Waals surface area contributed by atoms with Crippen molar-refractivity contribution in [2.45, 2.75) is 0 Å². The van der Waals surface area contributed by atoms with Crippen molar-refractivity contribution in [1.82, 2.24) is 0 Å². The Kier molecular flexibility index (Phi) is 2.72. The van der Waals surface area contributed by atoms with Crippen LogP contribution in [-0.4, -0.2) is 19.0 Å². The lowest BCUT2D eigenvalue weighted by Gasteiger charge is -2.10. The molecule has 0 aromatic heterocycles. The van der Waals surface area contributed by atoms with Crippen LogP contribution in [0.5, 0.6) is 0 Å². The van der Waals surface area contributed by atoms with E-state index in [2.05, 4.69) is 10.1 Å². The van der Waals surface area contributed by atoms with E-state index in [4.69, 9.17) is 18.5 Å². The van der Waals surface area contributed by atoms with Gasteiger partial charge in [0.2, 0.25) is 0 Å². The summed E-state index contributed by atoms with van der Waals surface area (Å²) in [6, 6.07) is 0.858. The van der Waals surface area contributed by atoms with Crippen molar-refractivity contribution in [3.05, 3.63) is 64.6 Å². The number of anilines is 1. The summed E-state index contributed by atoms with van der Waals surface area (Å²) in [7, 11) is 1.14. The molecule has 0 bridgehead atoms. The maximum absolute atomic E-state index is 12.8. The van der Waals surface area contributed by atoms with E-state index < -0.39 is 47.7 Å². The number of carbonyl (C=O) groups excluding carboxylic acids is 2. The number of benzene rings is 2. The molecule has 0 aliphatic heterocycles. The number of carbonyl (C=O) groups is 2. The average Bonchev–Trinajstić information content (AvgIpc) is 2.59. The molecule has 0 saturated carbocycles. The fourth-order valence-electron chi connectivity index (χ4n) is 1.47. The molecule has 0 aliphatic rings. The van der Waals surface area contributed by atoms with Crippen molar-refractivity contribution in [2.24, 2.45) is 0 Å². The summed E-state index contributed by atoms with van der Waals surface area (Å²) in [6.45, 7) is 0. The van der Waals surface area contributed by atoms with Crippen LogP contribution in [0.2, 0.25) is 5.02 Å². The lowest BCUT2D eigenvalue weighted by atomic mass is 10.0. The first kappa shape index (κ1) is 8.76. The van der Waals surface area contributed by atoms with Crippen molar-refractivity contribution in [2.75, 3.05) is 12.4 Å². The highest BCUT2D eigenvalue weighted by Crippen LogP contribution is 2.23. The summed E-state index contributed by atoms with van der Waals surface area (Å²) < 4.78 is 43.1. The van der Waals surface area contributed by atoms with Gasteiger partial charge in [-0.05, 0) is 18.2 Å². The van der Waals surface area contributed by atoms with Gasteiger partial charge in [0, 0.05) is 16.1 Å². The molecule has 0 fully saturated rings. The summed E-state index contributed by atoms with van der Waals surface area (Å²) in [5.41, 5.74) is -0.606. The molecule has 4 nitrogen and oxygen atoms in total. The average molecular weight is 295 g/mol. The molecule has 0 spiro atoms. The first-order valence-corrected chi connectivity index (χ1v) is 5.83. The van der Waals surface area contributed by atoms with Gasteiger partial charge in [-0.3, -0.25) is 10.1 Å². The number of rotatable bonds is 3. The Morgan fingerprint density at radius 2 is 1.95 bits per heavy atom. The molecule has 1 N–H and O–H groups in total. The van der Waals surface area contributed by atoms with Crippen LogP contribution in [0.25, 0.3) is 0 Å². The number of hydrogen-bond acceptors (Lipinski definition) is 3. The summed E-state index contributed by atoms with van der Waals surface area (Å²) in [6.07, 6.45) is -0.836. The normalized spacial score (nSPS) is 13.4. The van der Waals surface area contributed by atoms with E-state index in [-0.39, 0.29) is 16.3 Å². The Labute approximate surface area is 128 Å². The first-order valence-electron chi connectivity index (χ1n) is 7.95. The number of nitrogens with one attached hydrogen (secondary N) is 1. The number of ether oxygens (including phenoxy) is 1. The molecule has 0 radical (unpaired) electrons. The molecule has 2 aromatic carbocycles. The van der Waals surface area contributed by atoms with Crippen LogP contribution in [-0.2, 0) is 4.74 Å².